The molecule has 0 atom stereocenters. The molecule has 2 amide bonds. The van der Waals surface area contributed by atoms with E-state index in [0.717, 1.165) is 11.3 Å². The van der Waals surface area contributed by atoms with Crippen LogP contribution in [0.2, 0.25) is 0 Å². The molecule has 0 unspecified atom stereocenters. The first-order valence-electron chi connectivity index (χ1n) is 7.99. The minimum atomic E-state index is -0.341. The summed E-state index contributed by atoms with van der Waals surface area (Å²) < 4.78 is 4.90. The minimum absolute atomic E-state index is 0.190. The fourth-order valence-electron chi connectivity index (χ4n) is 2.46. The van der Waals surface area contributed by atoms with Crippen LogP contribution in [0.15, 0.2) is 48.5 Å². The lowest BCUT2D eigenvalue weighted by atomic mass is 10.1. The van der Waals surface area contributed by atoms with Gasteiger partial charge in [0.15, 0.2) is 0 Å². The molecule has 6 heteroatoms. The van der Waals surface area contributed by atoms with Gasteiger partial charge in [-0.15, -0.1) is 0 Å². The van der Waals surface area contributed by atoms with Crippen molar-refractivity contribution in [1.82, 2.24) is 5.32 Å². The molecule has 0 bridgehead atoms. The average Bonchev–Trinajstić information content (AvgIpc) is 3.11. The third-order valence-corrected chi connectivity index (χ3v) is 3.76. The molecule has 26 heavy (non-hydrogen) atoms. The van der Waals surface area contributed by atoms with Crippen molar-refractivity contribution in [3.8, 4) is 17.9 Å². The van der Waals surface area contributed by atoms with Gasteiger partial charge in [0, 0.05) is 16.8 Å². The SMILES string of the molecule is N#Cc1cccc(C(=O)NCC#Cc2ccc(N3CCOC3=O)cc2)c1. The van der Waals surface area contributed by atoms with E-state index in [1.54, 1.807) is 23.1 Å². The highest BCUT2D eigenvalue weighted by Gasteiger charge is 2.23. The summed E-state index contributed by atoms with van der Waals surface area (Å²) in [5, 5.41) is 11.5. The Bertz CT molecular complexity index is 933. The van der Waals surface area contributed by atoms with Gasteiger partial charge in [0.1, 0.15) is 6.61 Å². The highest BCUT2D eigenvalue weighted by molar-refractivity contribution is 5.94. The van der Waals surface area contributed by atoms with Gasteiger partial charge in [0.05, 0.1) is 24.7 Å². The second-order valence-corrected chi connectivity index (χ2v) is 5.49. The highest BCUT2D eigenvalue weighted by Crippen LogP contribution is 2.18. The smallest absolute Gasteiger partial charge is 0.414 e. The Labute approximate surface area is 151 Å². The summed E-state index contributed by atoms with van der Waals surface area (Å²) in [7, 11) is 0. The topological polar surface area (TPSA) is 82.4 Å². The molecule has 128 valence electrons. The Kier molecular flexibility index (Phi) is 5.16. The number of amides is 2. The van der Waals surface area contributed by atoms with Gasteiger partial charge in [-0.2, -0.15) is 5.26 Å². The summed E-state index contributed by atoms with van der Waals surface area (Å²) in [4.78, 5) is 25.1. The zero-order valence-corrected chi connectivity index (χ0v) is 13.9. The average molecular weight is 345 g/mol. The van der Waals surface area contributed by atoms with Crippen molar-refractivity contribution >= 4 is 17.7 Å². The van der Waals surface area contributed by atoms with Crippen molar-refractivity contribution in [2.75, 3.05) is 24.6 Å². The Hall–Kier alpha value is -3.77. The van der Waals surface area contributed by atoms with Gasteiger partial charge >= 0.3 is 6.09 Å². The maximum absolute atomic E-state index is 12.0. The number of carbonyl (C=O) groups excluding carboxylic acids is 2. The van der Waals surface area contributed by atoms with Crippen LogP contribution in [0.1, 0.15) is 21.5 Å². The van der Waals surface area contributed by atoms with E-state index in [1.165, 1.54) is 6.07 Å². The number of nitrogens with one attached hydrogen (secondary N) is 1. The van der Waals surface area contributed by atoms with Gasteiger partial charge in [0.25, 0.3) is 5.91 Å². The number of cyclic esters (lactones) is 1. The molecule has 1 aliphatic heterocycles. The first-order chi connectivity index (χ1) is 12.7. The van der Waals surface area contributed by atoms with Crippen LogP contribution >= 0.6 is 0 Å². The van der Waals surface area contributed by atoms with Crippen LogP contribution in [0.25, 0.3) is 0 Å². The second kappa shape index (κ2) is 7.87. The van der Waals surface area contributed by atoms with Gasteiger partial charge in [-0.1, -0.05) is 17.9 Å². The lowest BCUT2D eigenvalue weighted by Gasteiger charge is -2.11. The number of rotatable bonds is 3. The van der Waals surface area contributed by atoms with E-state index in [4.69, 9.17) is 10.00 Å². The molecule has 3 rings (SSSR count). The Morgan fingerprint density at radius 1 is 1.19 bits per heavy atom. The standard InChI is InChI=1S/C20H15N3O3/c21-14-16-3-1-5-17(13-16)19(24)22-10-2-4-15-6-8-18(9-7-15)23-11-12-26-20(23)25/h1,3,5-9,13H,10-12H2,(H,22,24). The quantitative estimate of drug-likeness (QED) is 0.866. The molecule has 2 aromatic carbocycles. The molecule has 6 nitrogen and oxygen atoms in total. The minimum Gasteiger partial charge on any atom is -0.447 e. The van der Waals surface area contributed by atoms with E-state index in [9.17, 15) is 9.59 Å². The van der Waals surface area contributed by atoms with E-state index < -0.39 is 0 Å². The third kappa shape index (κ3) is 4.00. The molecular weight excluding hydrogens is 330 g/mol. The molecule has 2 aromatic rings. The monoisotopic (exact) mass is 345 g/mol. The second-order valence-electron chi connectivity index (χ2n) is 5.49. The predicted octanol–water partition coefficient (Wildman–Crippen LogP) is 2.30. The lowest BCUT2D eigenvalue weighted by molar-refractivity contribution is 0.0958. The Morgan fingerprint density at radius 2 is 2.00 bits per heavy atom. The van der Waals surface area contributed by atoms with Crippen LogP contribution in [0.4, 0.5) is 10.5 Å². The van der Waals surface area contributed by atoms with Gasteiger partial charge < -0.3 is 10.1 Å². The molecule has 0 saturated carbocycles. The molecule has 1 N–H and O–H groups in total. The summed E-state index contributed by atoms with van der Waals surface area (Å²) in [5.74, 6) is 5.55. The largest absolute Gasteiger partial charge is 0.447 e. The summed E-state index contributed by atoms with van der Waals surface area (Å²) in [6, 6.07) is 15.7. The molecule has 0 aromatic heterocycles. The van der Waals surface area contributed by atoms with Gasteiger partial charge in [-0.3, -0.25) is 9.69 Å². The molecule has 0 spiro atoms. The lowest BCUT2D eigenvalue weighted by Crippen LogP contribution is -2.23. The molecule has 1 heterocycles. The first-order valence-corrected chi connectivity index (χ1v) is 7.99. The summed E-state index contributed by atoms with van der Waals surface area (Å²) >= 11 is 0. The molecule has 0 aliphatic carbocycles. The Morgan fingerprint density at radius 3 is 2.69 bits per heavy atom. The van der Waals surface area contributed by atoms with Crippen LogP contribution in [0.5, 0.6) is 0 Å². The molecule has 1 fully saturated rings. The summed E-state index contributed by atoms with van der Waals surface area (Å²) in [5.41, 5.74) is 2.41. The Balaban J connectivity index is 1.55. The number of nitrogens with zero attached hydrogens (tertiary/aromatic N) is 2. The maximum atomic E-state index is 12.0. The van der Waals surface area contributed by atoms with Crippen LogP contribution in [0, 0.1) is 23.2 Å². The van der Waals surface area contributed by atoms with Crippen molar-refractivity contribution in [2.45, 2.75) is 0 Å². The van der Waals surface area contributed by atoms with Crippen LogP contribution in [0.3, 0.4) is 0 Å². The third-order valence-electron chi connectivity index (χ3n) is 3.76. The van der Waals surface area contributed by atoms with E-state index in [1.807, 2.05) is 30.3 Å². The van der Waals surface area contributed by atoms with Gasteiger partial charge in [-0.05, 0) is 42.5 Å². The number of benzene rings is 2. The van der Waals surface area contributed by atoms with Gasteiger partial charge in [-0.25, -0.2) is 4.79 Å². The zero-order valence-electron chi connectivity index (χ0n) is 13.9. The highest BCUT2D eigenvalue weighted by atomic mass is 16.6. The van der Waals surface area contributed by atoms with E-state index in [0.29, 0.717) is 24.3 Å². The summed E-state index contributed by atoms with van der Waals surface area (Å²) in [6.45, 7) is 1.13. The number of nitriles is 1. The number of hydrogen-bond donors (Lipinski definition) is 1. The van der Waals surface area contributed by atoms with E-state index in [-0.39, 0.29) is 18.5 Å². The molecule has 0 radical (unpaired) electrons. The zero-order chi connectivity index (χ0) is 18.4. The fraction of sp³-hybridized carbons (Fsp3) is 0.150. The number of carbonyl (C=O) groups is 2. The van der Waals surface area contributed by atoms with Crippen LogP contribution in [-0.2, 0) is 4.74 Å². The predicted molar refractivity (Wildman–Crippen MR) is 95.5 cm³/mol. The number of ether oxygens (including phenoxy) is 1. The van der Waals surface area contributed by atoms with Crippen molar-refractivity contribution < 1.29 is 14.3 Å². The molecule has 1 saturated heterocycles. The van der Waals surface area contributed by atoms with E-state index in [2.05, 4.69) is 17.2 Å². The molecule has 1 aliphatic rings. The summed E-state index contributed by atoms with van der Waals surface area (Å²) in [6.07, 6.45) is -0.341. The normalized spacial score (nSPS) is 12.6. The van der Waals surface area contributed by atoms with Crippen molar-refractivity contribution in [3.05, 3.63) is 65.2 Å². The van der Waals surface area contributed by atoms with E-state index >= 15 is 0 Å². The van der Waals surface area contributed by atoms with Crippen LogP contribution in [-0.4, -0.2) is 31.7 Å². The van der Waals surface area contributed by atoms with Crippen LogP contribution < -0.4 is 10.2 Å². The van der Waals surface area contributed by atoms with Gasteiger partial charge in [0.2, 0.25) is 0 Å². The fourth-order valence-corrected chi connectivity index (χ4v) is 2.46. The molecular formula is C20H15N3O3. The maximum Gasteiger partial charge on any atom is 0.414 e. The van der Waals surface area contributed by atoms with Crippen molar-refractivity contribution in [1.29, 1.82) is 5.26 Å². The van der Waals surface area contributed by atoms with Crippen molar-refractivity contribution in [3.63, 3.8) is 0 Å². The first kappa shape index (κ1) is 17.1. The number of hydrogen-bond acceptors (Lipinski definition) is 4. The van der Waals surface area contributed by atoms with Crippen molar-refractivity contribution in [2.24, 2.45) is 0 Å². The number of anilines is 1.